The average Bonchev–Trinajstić information content (AvgIpc) is 2.40. The summed E-state index contributed by atoms with van der Waals surface area (Å²) in [6.45, 7) is 9.92. The van der Waals surface area contributed by atoms with Crippen molar-refractivity contribution in [1.29, 1.82) is 0 Å². The van der Waals surface area contributed by atoms with E-state index in [9.17, 15) is 4.79 Å². The minimum Gasteiger partial charge on any atom is -0.396 e. The molecule has 1 rings (SSSR count). The SMILES string of the molecule is CC(C)Cn1ncc(NCC(C)(C)CCCO)c(Br)c1=O. The minimum atomic E-state index is -0.109. The lowest BCUT2D eigenvalue weighted by atomic mass is 9.88. The molecule has 0 aromatic carbocycles. The molecule has 0 fully saturated rings. The van der Waals surface area contributed by atoms with Gasteiger partial charge in [0, 0.05) is 19.7 Å². The van der Waals surface area contributed by atoms with E-state index in [1.165, 1.54) is 4.68 Å². The highest BCUT2D eigenvalue weighted by molar-refractivity contribution is 9.10. The summed E-state index contributed by atoms with van der Waals surface area (Å²) < 4.78 is 2.01. The molecule has 0 aliphatic carbocycles. The molecule has 21 heavy (non-hydrogen) atoms. The molecule has 0 amide bonds. The zero-order valence-corrected chi connectivity index (χ0v) is 14.9. The van der Waals surface area contributed by atoms with Crippen LogP contribution in [0.1, 0.15) is 40.5 Å². The van der Waals surface area contributed by atoms with Crippen LogP contribution in [-0.2, 0) is 6.54 Å². The molecule has 0 saturated heterocycles. The largest absolute Gasteiger partial charge is 0.396 e. The third-order valence-electron chi connectivity index (χ3n) is 3.29. The highest BCUT2D eigenvalue weighted by atomic mass is 79.9. The standard InChI is InChI=1S/C15H26BrN3O2/c1-11(2)9-19-14(21)13(16)12(8-18-19)17-10-15(3,4)6-5-7-20/h8,11,17,20H,5-7,9-10H2,1-4H3. The minimum absolute atomic E-state index is 0.0506. The Hall–Kier alpha value is -0.880. The maximum Gasteiger partial charge on any atom is 0.283 e. The summed E-state index contributed by atoms with van der Waals surface area (Å²) in [5.41, 5.74) is 0.661. The van der Waals surface area contributed by atoms with E-state index in [1.54, 1.807) is 6.20 Å². The van der Waals surface area contributed by atoms with Crippen LogP contribution in [0.4, 0.5) is 5.69 Å². The van der Waals surface area contributed by atoms with Gasteiger partial charge in [-0.15, -0.1) is 0 Å². The van der Waals surface area contributed by atoms with E-state index in [1.807, 2.05) is 0 Å². The Morgan fingerprint density at radius 3 is 2.71 bits per heavy atom. The zero-order valence-electron chi connectivity index (χ0n) is 13.3. The molecule has 5 nitrogen and oxygen atoms in total. The van der Waals surface area contributed by atoms with Crippen LogP contribution in [0.5, 0.6) is 0 Å². The van der Waals surface area contributed by atoms with Crippen LogP contribution >= 0.6 is 15.9 Å². The van der Waals surface area contributed by atoms with E-state index in [-0.39, 0.29) is 17.6 Å². The van der Waals surface area contributed by atoms with Gasteiger partial charge in [-0.3, -0.25) is 4.79 Å². The van der Waals surface area contributed by atoms with Gasteiger partial charge in [0.05, 0.1) is 11.9 Å². The number of anilines is 1. The smallest absolute Gasteiger partial charge is 0.283 e. The van der Waals surface area contributed by atoms with Crippen molar-refractivity contribution in [3.63, 3.8) is 0 Å². The van der Waals surface area contributed by atoms with Gasteiger partial charge >= 0.3 is 0 Å². The number of hydrogen-bond acceptors (Lipinski definition) is 4. The molecule has 1 aromatic heterocycles. The second-order valence-electron chi connectivity index (χ2n) is 6.60. The summed E-state index contributed by atoms with van der Waals surface area (Å²) in [6, 6.07) is 0. The van der Waals surface area contributed by atoms with E-state index >= 15 is 0 Å². The molecule has 0 radical (unpaired) electrons. The van der Waals surface area contributed by atoms with Gasteiger partial charge in [-0.2, -0.15) is 5.10 Å². The fourth-order valence-corrected chi connectivity index (χ4v) is 2.49. The molecule has 2 N–H and O–H groups in total. The fraction of sp³-hybridized carbons (Fsp3) is 0.733. The molecule has 1 heterocycles. The molecule has 1 aromatic rings. The number of aliphatic hydroxyl groups is 1. The summed E-state index contributed by atoms with van der Waals surface area (Å²) in [7, 11) is 0. The molecule has 0 aliphatic heterocycles. The highest BCUT2D eigenvalue weighted by Crippen LogP contribution is 2.24. The van der Waals surface area contributed by atoms with Crippen molar-refractivity contribution in [2.75, 3.05) is 18.5 Å². The predicted octanol–water partition coefficient (Wildman–Crippen LogP) is 2.87. The van der Waals surface area contributed by atoms with Crippen molar-refractivity contribution >= 4 is 21.6 Å². The van der Waals surface area contributed by atoms with Gasteiger partial charge in [-0.05, 0) is 40.1 Å². The lowest BCUT2D eigenvalue weighted by Crippen LogP contribution is -2.28. The lowest BCUT2D eigenvalue weighted by molar-refractivity contribution is 0.248. The van der Waals surface area contributed by atoms with Crippen LogP contribution < -0.4 is 10.9 Å². The number of aromatic nitrogens is 2. The van der Waals surface area contributed by atoms with Crippen molar-refractivity contribution < 1.29 is 5.11 Å². The van der Waals surface area contributed by atoms with E-state index in [0.29, 0.717) is 16.9 Å². The van der Waals surface area contributed by atoms with Gasteiger partial charge < -0.3 is 10.4 Å². The van der Waals surface area contributed by atoms with E-state index in [2.05, 4.69) is 54.0 Å². The van der Waals surface area contributed by atoms with Crippen molar-refractivity contribution in [2.45, 2.75) is 47.1 Å². The molecule has 0 unspecified atom stereocenters. The quantitative estimate of drug-likeness (QED) is 0.748. The number of hydrogen-bond donors (Lipinski definition) is 2. The number of aliphatic hydroxyl groups excluding tert-OH is 1. The molecule has 0 aliphatic rings. The van der Waals surface area contributed by atoms with Crippen molar-refractivity contribution in [1.82, 2.24) is 9.78 Å². The van der Waals surface area contributed by atoms with Gasteiger partial charge in [0.2, 0.25) is 0 Å². The molecular formula is C15H26BrN3O2. The monoisotopic (exact) mass is 359 g/mol. The van der Waals surface area contributed by atoms with Gasteiger partial charge in [-0.25, -0.2) is 4.68 Å². The molecule has 120 valence electrons. The Labute approximate surface area is 134 Å². The van der Waals surface area contributed by atoms with Gasteiger partial charge in [-0.1, -0.05) is 27.7 Å². The Balaban J connectivity index is 2.77. The van der Waals surface area contributed by atoms with Crippen molar-refractivity contribution in [3.8, 4) is 0 Å². The van der Waals surface area contributed by atoms with Crippen molar-refractivity contribution in [3.05, 3.63) is 21.0 Å². The maximum absolute atomic E-state index is 12.2. The normalized spacial score (nSPS) is 12.0. The summed E-state index contributed by atoms with van der Waals surface area (Å²) >= 11 is 3.37. The Bertz CT molecular complexity index is 512. The molecule has 0 atom stereocenters. The number of nitrogens with one attached hydrogen (secondary N) is 1. The highest BCUT2D eigenvalue weighted by Gasteiger charge is 2.18. The summed E-state index contributed by atoms with van der Waals surface area (Å²) in [4.78, 5) is 12.2. The van der Waals surface area contributed by atoms with Crippen molar-refractivity contribution in [2.24, 2.45) is 11.3 Å². The van der Waals surface area contributed by atoms with Gasteiger partial charge in [0.15, 0.2) is 0 Å². The maximum atomic E-state index is 12.2. The number of rotatable bonds is 8. The van der Waals surface area contributed by atoms with Crippen LogP contribution in [0, 0.1) is 11.3 Å². The van der Waals surface area contributed by atoms with Gasteiger partial charge in [0.1, 0.15) is 4.47 Å². The second-order valence-corrected chi connectivity index (χ2v) is 7.39. The Morgan fingerprint density at radius 2 is 2.14 bits per heavy atom. The number of halogens is 1. The van der Waals surface area contributed by atoms with Crippen LogP contribution in [0.25, 0.3) is 0 Å². The van der Waals surface area contributed by atoms with Crippen LogP contribution in [0.15, 0.2) is 15.5 Å². The predicted molar refractivity (Wildman–Crippen MR) is 89.6 cm³/mol. The van der Waals surface area contributed by atoms with Crippen LogP contribution in [-0.4, -0.2) is 28.0 Å². The summed E-state index contributed by atoms with van der Waals surface area (Å²) in [6.07, 6.45) is 3.39. The average molecular weight is 360 g/mol. The first-order valence-corrected chi connectivity index (χ1v) is 8.16. The third kappa shape index (κ3) is 5.79. The summed E-state index contributed by atoms with van der Waals surface area (Å²) in [5.74, 6) is 0.373. The van der Waals surface area contributed by atoms with Crippen LogP contribution in [0.3, 0.4) is 0 Å². The molecule has 6 heteroatoms. The van der Waals surface area contributed by atoms with E-state index < -0.39 is 0 Å². The molecule has 0 bridgehead atoms. The Kier molecular flexibility index (Phi) is 6.87. The topological polar surface area (TPSA) is 67.2 Å². The van der Waals surface area contributed by atoms with Crippen LogP contribution in [0.2, 0.25) is 0 Å². The first kappa shape index (κ1) is 18.2. The summed E-state index contributed by atoms with van der Waals surface area (Å²) in [5, 5.41) is 16.4. The second kappa shape index (κ2) is 7.94. The fourth-order valence-electron chi connectivity index (χ4n) is 2.04. The first-order chi connectivity index (χ1) is 9.76. The molecule has 0 spiro atoms. The van der Waals surface area contributed by atoms with Gasteiger partial charge in [0.25, 0.3) is 5.56 Å². The first-order valence-electron chi connectivity index (χ1n) is 7.37. The lowest BCUT2D eigenvalue weighted by Gasteiger charge is -2.25. The third-order valence-corrected chi connectivity index (χ3v) is 4.06. The molecular weight excluding hydrogens is 334 g/mol. The van der Waals surface area contributed by atoms with E-state index in [0.717, 1.165) is 25.1 Å². The molecule has 0 saturated carbocycles. The van der Waals surface area contributed by atoms with E-state index in [4.69, 9.17) is 5.11 Å². The Morgan fingerprint density at radius 1 is 1.48 bits per heavy atom. The number of nitrogens with zero attached hydrogens (tertiary/aromatic N) is 2. The zero-order chi connectivity index (χ0) is 16.0.